The largest absolute Gasteiger partial charge is 0.426 e. The zero-order chi connectivity index (χ0) is 7.56. The van der Waals surface area contributed by atoms with Crippen LogP contribution in [-0.2, 0) is 18.8 Å². The Labute approximate surface area is 60.4 Å². The van der Waals surface area contributed by atoms with Crippen LogP contribution < -0.4 is 0 Å². The van der Waals surface area contributed by atoms with Gasteiger partial charge in [-0.15, -0.1) is 0 Å². The van der Waals surface area contributed by atoms with Gasteiger partial charge in [0.2, 0.25) is 0 Å². The molecule has 1 aliphatic rings. The average molecular weight is 160 g/mol. The molecule has 0 saturated carbocycles. The van der Waals surface area contributed by atoms with Gasteiger partial charge in [-0.3, -0.25) is 9.59 Å². The first-order valence-electron chi connectivity index (χ1n) is 2.97. The quantitative estimate of drug-likeness (QED) is 0.295. The molecule has 0 bridgehead atoms. The van der Waals surface area contributed by atoms with Crippen LogP contribution in [0.25, 0.3) is 0 Å². The lowest BCUT2D eigenvalue weighted by molar-refractivity contribution is -0.152. The van der Waals surface area contributed by atoms with Crippen molar-refractivity contribution in [3.05, 3.63) is 0 Å². The molecule has 1 rings (SSSR count). The maximum absolute atomic E-state index is 10.7. The van der Waals surface area contributed by atoms with Gasteiger partial charge in [0.1, 0.15) is 0 Å². The highest BCUT2D eigenvalue weighted by Gasteiger charge is 2.33. The number of carbonyl (C=O) groups excluding carboxylic acids is 2. The van der Waals surface area contributed by atoms with Crippen molar-refractivity contribution in [1.82, 2.24) is 0 Å². The Morgan fingerprint density at radius 1 is 1.70 bits per heavy atom. The van der Waals surface area contributed by atoms with Crippen molar-refractivity contribution in [3.63, 3.8) is 0 Å². The molecule has 0 amide bonds. The summed E-state index contributed by atoms with van der Waals surface area (Å²) >= 11 is 0. The molecule has 0 aromatic rings. The van der Waals surface area contributed by atoms with Gasteiger partial charge in [-0.2, -0.15) is 0 Å². The van der Waals surface area contributed by atoms with Crippen molar-refractivity contribution >= 4 is 21.7 Å². The summed E-state index contributed by atoms with van der Waals surface area (Å²) in [6.45, 7) is 0. The molecule has 56 valence electrons. The molecule has 0 spiro atoms. The Kier molecular flexibility index (Phi) is 2.18. The minimum Gasteiger partial charge on any atom is -0.426 e. The first kappa shape index (κ1) is 7.42. The molecule has 1 aliphatic heterocycles. The summed E-state index contributed by atoms with van der Waals surface area (Å²) in [6, 6.07) is 0. The molecule has 1 saturated heterocycles. The molecule has 10 heavy (non-hydrogen) atoms. The van der Waals surface area contributed by atoms with Crippen LogP contribution in [0, 0.1) is 0 Å². The van der Waals surface area contributed by atoms with E-state index in [1.807, 2.05) is 0 Å². The highest BCUT2D eigenvalue weighted by molar-refractivity contribution is 6.39. The summed E-state index contributed by atoms with van der Waals surface area (Å²) in [5.41, 5.74) is -0.238. The fraction of sp³-hybridized carbons (Fsp3) is 0.600. The summed E-state index contributed by atoms with van der Waals surface area (Å²) in [5.74, 6) is -0.821. The number of hydrogen-bond donors (Lipinski definition) is 0. The van der Waals surface area contributed by atoms with E-state index in [1.165, 1.54) is 0 Å². The normalized spacial score (nSPS) is 26.3. The Bertz CT molecular complexity index is 167. The molecule has 1 unspecified atom stereocenters. The first-order chi connectivity index (χ1) is 4.74. The van der Waals surface area contributed by atoms with E-state index in [9.17, 15) is 9.59 Å². The standard InChI is InChI=1S/C5H8O4Si/c1-8-10-3-2-4(6)9-5(3)7/h3H,2,10H2,1H3. The van der Waals surface area contributed by atoms with Gasteiger partial charge in [-0.05, 0) is 0 Å². The van der Waals surface area contributed by atoms with Crippen molar-refractivity contribution in [1.29, 1.82) is 0 Å². The molecule has 0 N–H and O–H groups in total. The van der Waals surface area contributed by atoms with E-state index in [0.29, 0.717) is 0 Å². The van der Waals surface area contributed by atoms with E-state index in [4.69, 9.17) is 4.43 Å². The van der Waals surface area contributed by atoms with Crippen LogP contribution in [-0.4, -0.2) is 28.8 Å². The van der Waals surface area contributed by atoms with Crippen LogP contribution >= 0.6 is 0 Å². The van der Waals surface area contributed by atoms with Gasteiger partial charge in [-0.25, -0.2) is 0 Å². The molecule has 0 aliphatic carbocycles. The number of rotatable bonds is 2. The lowest BCUT2D eigenvalue weighted by atomic mass is 10.3. The van der Waals surface area contributed by atoms with Crippen LogP contribution in [0.3, 0.4) is 0 Å². The number of hydrogen-bond acceptors (Lipinski definition) is 4. The monoisotopic (exact) mass is 160 g/mol. The Hall–Kier alpha value is -0.683. The lowest BCUT2D eigenvalue weighted by Gasteiger charge is -1.98. The third-order valence-corrected chi connectivity index (χ3v) is 2.69. The fourth-order valence-electron chi connectivity index (χ4n) is 0.850. The second kappa shape index (κ2) is 2.94. The summed E-state index contributed by atoms with van der Waals surface area (Å²) < 4.78 is 9.13. The fourth-order valence-corrected chi connectivity index (χ4v) is 1.83. The topological polar surface area (TPSA) is 52.6 Å². The van der Waals surface area contributed by atoms with Crippen LogP contribution in [0.4, 0.5) is 0 Å². The van der Waals surface area contributed by atoms with Gasteiger partial charge >= 0.3 is 11.9 Å². The van der Waals surface area contributed by atoms with E-state index in [2.05, 4.69) is 4.74 Å². The van der Waals surface area contributed by atoms with E-state index in [-0.39, 0.29) is 12.0 Å². The van der Waals surface area contributed by atoms with Crippen LogP contribution in [0.2, 0.25) is 5.54 Å². The predicted molar refractivity (Wildman–Crippen MR) is 35.0 cm³/mol. The molecule has 1 fully saturated rings. The molecule has 5 heteroatoms. The molecule has 0 aromatic carbocycles. The number of ether oxygens (including phenoxy) is 1. The number of esters is 2. The second-order valence-electron chi connectivity index (χ2n) is 2.15. The van der Waals surface area contributed by atoms with Gasteiger partial charge in [0, 0.05) is 7.11 Å². The maximum Gasteiger partial charge on any atom is 0.316 e. The van der Waals surface area contributed by atoms with Gasteiger partial charge in [-0.1, -0.05) is 0 Å². The molecule has 1 heterocycles. The van der Waals surface area contributed by atoms with Gasteiger partial charge in [0.05, 0.1) is 12.0 Å². The number of carbonyl (C=O) groups is 2. The summed E-state index contributed by atoms with van der Waals surface area (Å²) in [7, 11) is 0.667. The molecule has 0 radical (unpaired) electrons. The first-order valence-corrected chi connectivity index (χ1v) is 4.37. The van der Waals surface area contributed by atoms with Gasteiger partial charge in [0.25, 0.3) is 0 Å². The number of cyclic esters (lactones) is 2. The molecule has 0 aromatic heterocycles. The van der Waals surface area contributed by atoms with E-state index < -0.39 is 21.7 Å². The van der Waals surface area contributed by atoms with Crippen LogP contribution in [0.1, 0.15) is 6.42 Å². The Morgan fingerprint density at radius 2 is 2.40 bits per heavy atom. The third kappa shape index (κ3) is 1.42. The average Bonchev–Trinajstić information content (AvgIpc) is 2.13. The van der Waals surface area contributed by atoms with Crippen molar-refractivity contribution in [2.75, 3.05) is 7.11 Å². The second-order valence-corrected chi connectivity index (χ2v) is 4.05. The minimum atomic E-state index is -0.876. The summed E-state index contributed by atoms with van der Waals surface area (Å²) in [4.78, 5) is 21.1. The SMILES string of the molecule is CO[SiH2]C1CC(=O)OC1=O. The lowest BCUT2D eigenvalue weighted by Crippen LogP contribution is -2.10. The van der Waals surface area contributed by atoms with E-state index >= 15 is 0 Å². The smallest absolute Gasteiger partial charge is 0.316 e. The predicted octanol–water partition coefficient (Wildman–Crippen LogP) is -1.02. The Balaban J connectivity index is 2.46. The zero-order valence-electron chi connectivity index (χ0n) is 5.62. The van der Waals surface area contributed by atoms with Crippen molar-refractivity contribution in [3.8, 4) is 0 Å². The highest BCUT2D eigenvalue weighted by Crippen LogP contribution is 2.19. The molecular formula is C5H8O4Si. The third-order valence-electron chi connectivity index (χ3n) is 1.33. The van der Waals surface area contributed by atoms with Crippen molar-refractivity contribution < 1.29 is 18.8 Å². The highest BCUT2D eigenvalue weighted by atomic mass is 28.2. The minimum absolute atomic E-state index is 0.221. The molecule has 1 atom stereocenters. The van der Waals surface area contributed by atoms with Gasteiger partial charge in [0.15, 0.2) is 9.76 Å². The summed E-state index contributed by atoms with van der Waals surface area (Å²) in [6.07, 6.45) is 0.221. The van der Waals surface area contributed by atoms with E-state index in [1.54, 1.807) is 7.11 Å². The molecule has 4 nitrogen and oxygen atoms in total. The summed E-state index contributed by atoms with van der Waals surface area (Å²) in [5, 5.41) is 0. The molecular weight excluding hydrogens is 152 g/mol. The van der Waals surface area contributed by atoms with Gasteiger partial charge < -0.3 is 9.16 Å². The Morgan fingerprint density at radius 3 is 2.80 bits per heavy atom. The zero-order valence-corrected chi connectivity index (χ0v) is 7.04. The maximum atomic E-state index is 10.7. The van der Waals surface area contributed by atoms with Crippen molar-refractivity contribution in [2.45, 2.75) is 12.0 Å². The van der Waals surface area contributed by atoms with Crippen LogP contribution in [0.15, 0.2) is 0 Å². The van der Waals surface area contributed by atoms with Crippen molar-refractivity contribution in [2.24, 2.45) is 0 Å². The van der Waals surface area contributed by atoms with E-state index in [0.717, 1.165) is 0 Å². The van der Waals surface area contributed by atoms with Crippen LogP contribution in [0.5, 0.6) is 0 Å².